The first kappa shape index (κ1) is 17.6. The molecule has 27 heavy (non-hydrogen) atoms. The molecule has 0 bridgehead atoms. The Labute approximate surface area is 159 Å². The molecule has 3 N–H and O–H groups in total. The largest absolute Gasteiger partial charge is 0.508 e. The molecule has 2 aromatic carbocycles. The molecule has 1 saturated heterocycles. The monoisotopic (exact) mass is 363 g/mol. The van der Waals surface area contributed by atoms with Gasteiger partial charge in [0.2, 0.25) is 0 Å². The van der Waals surface area contributed by atoms with Crippen LogP contribution in [0.5, 0.6) is 5.75 Å². The average molecular weight is 363 g/mol. The number of hydrogen-bond donors (Lipinski definition) is 3. The molecule has 0 atom stereocenters. The minimum atomic E-state index is 0.0242. The van der Waals surface area contributed by atoms with Crippen LogP contribution in [-0.2, 0) is 6.42 Å². The Morgan fingerprint density at radius 3 is 2.70 bits per heavy atom. The van der Waals surface area contributed by atoms with Crippen molar-refractivity contribution in [2.45, 2.75) is 25.3 Å². The zero-order valence-electron chi connectivity index (χ0n) is 15.3. The van der Waals surface area contributed by atoms with E-state index in [-0.39, 0.29) is 17.7 Å². The van der Waals surface area contributed by atoms with Crippen LogP contribution in [0, 0.1) is 0 Å². The molecule has 4 rings (SSSR count). The summed E-state index contributed by atoms with van der Waals surface area (Å²) in [5, 5.41) is 13.9. The number of aromatic nitrogens is 1. The van der Waals surface area contributed by atoms with Crippen LogP contribution >= 0.6 is 0 Å². The number of nitrogens with zero attached hydrogens (tertiary/aromatic N) is 1. The van der Waals surface area contributed by atoms with Gasteiger partial charge in [0.15, 0.2) is 0 Å². The summed E-state index contributed by atoms with van der Waals surface area (Å²) in [5.41, 5.74) is 2.99. The molecule has 5 nitrogen and oxygen atoms in total. The van der Waals surface area contributed by atoms with Crippen molar-refractivity contribution >= 4 is 16.8 Å². The van der Waals surface area contributed by atoms with Crippen molar-refractivity contribution in [3.8, 4) is 5.75 Å². The third-order valence-corrected chi connectivity index (χ3v) is 5.41. The zero-order valence-corrected chi connectivity index (χ0v) is 15.3. The number of H-pyrrole nitrogens is 1. The second-order valence-electron chi connectivity index (χ2n) is 7.25. The van der Waals surface area contributed by atoms with Crippen LogP contribution in [-0.4, -0.2) is 46.6 Å². The average Bonchev–Trinajstić information content (AvgIpc) is 3.10. The molecule has 0 unspecified atom stereocenters. The van der Waals surface area contributed by atoms with Crippen LogP contribution < -0.4 is 5.32 Å². The minimum Gasteiger partial charge on any atom is -0.508 e. The number of phenolic OH excluding ortho intramolecular Hbond substituents is 1. The number of fused-ring (bicyclic) bond motifs is 1. The third-order valence-electron chi connectivity index (χ3n) is 5.41. The molecule has 1 aromatic heterocycles. The van der Waals surface area contributed by atoms with E-state index in [0.717, 1.165) is 50.0 Å². The molecule has 0 radical (unpaired) electrons. The molecule has 0 spiro atoms. The summed E-state index contributed by atoms with van der Waals surface area (Å²) in [6.07, 6.45) is 4.99. The van der Waals surface area contributed by atoms with Crippen LogP contribution in [0.2, 0.25) is 0 Å². The number of phenols is 1. The minimum absolute atomic E-state index is 0.0242. The van der Waals surface area contributed by atoms with Crippen molar-refractivity contribution in [3.63, 3.8) is 0 Å². The molecule has 1 fully saturated rings. The van der Waals surface area contributed by atoms with Gasteiger partial charge in [-0.2, -0.15) is 0 Å². The number of carbonyl (C=O) groups excluding carboxylic acids is 1. The van der Waals surface area contributed by atoms with Gasteiger partial charge in [-0.15, -0.1) is 0 Å². The molecule has 1 amide bonds. The summed E-state index contributed by atoms with van der Waals surface area (Å²) in [5.74, 6) is 0.312. The fraction of sp³-hybridized carbons (Fsp3) is 0.318. The number of amides is 1. The van der Waals surface area contributed by atoms with Gasteiger partial charge in [0.05, 0.1) is 0 Å². The summed E-state index contributed by atoms with van der Waals surface area (Å²) in [6.45, 7) is 3.01. The molecule has 2 heterocycles. The number of hydrogen-bond acceptors (Lipinski definition) is 3. The fourth-order valence-electron chi connectivity index (χ4n) is 3.82. The molecular formula is C22H25N3O2. The number of rotatable bonds is 5. The van der Waals surface area contributed by atoms with Crippen LogP contribution in [0.25, 0.3) is 10.9 Å². The highest BCUT2D eigenvalue weighted by molar-refractivity contribution is 5.94. The van der Waals surface area contributed by atoms with Gasteiger partial charge in [-0.05, 0) is 49.1 Å². The predicted molar refractivity (Wildman–Crippen MR) is 107 cm³/mol. The maximum absolute atomic E-state index is 12.3. The fourth-order valence-corrected chi connectivity index (χ4v) is 3.82. The van der Waals surface area contributed by atoms with E-state index in [1.165, 1.54) is 10.9 Å². The Kier molecular flexibility index (Phi) is 5.12. The smallest absolute Gasteiger partial charge is 0.251 e. The lowest BCUT2D eigenvalue weighted by molar-refractivity contribution is 0.0911. The standard InChI is InChI=1S/C22H25N3O2/c26-19-6-7-20-17(15-23-21(20)14-19)8-11-25-12-9-18(10-13-25)24-22(27)16-4-2-1-3-5-16/h1-7,14-15,18,23,26H,8-13H2,(H,24,27). The number of likely N-dealkylation sites (tertiary alicyclic amines) is 1. The highest BCUT2D eigenvalue weighted by Crippen LogP contribution is 2.23. The van der Waals surface area contributed by atoms with Gasteiger partial charge in [-0.25, -0.2) is 0 Å². The lowest BCUT2D eigenvalue weighted by Crippen LogP contribution is -2.45. The molecule has 0 saturated carbocycles. The first-order valence-electron chi connectivity index (χ1n) is 9.56. The number of carbonyl (C=O) groups is 1. The van der Waals surface area contributed by atoms with E-state index in [2.05, 4.69) is 15.2 Å². The van der Waals surface area contributed by atoms with Gasteiger partial charge in [0, 0.05) is 54.4 Å². The van der Waals surface area contributed by atoms with Crippen molar-refractivity contribution in [2.24, 2.45) is 0 Å². The maximum atomic E-state index is 12.3. The Bertz CT molecular complexity index is 912. The first-order valence-corrected chi connectivity index (χ1v) is 9.56. The molecule has 0 aliphatic carbocycles. The van der Waals surface area contributed by atoms with Gasteiger partial charge in [-0.3, -0.25) is 4.79 Å². The zero-order chi connectivity index (χ0) is 18.6. The summed E-state index contributed by atoms with van der Waals surface area (Å²) in [4.78, 5) is 18.0. The van der Waals surface area contributed by atoms with E-state index in [1.54, 1.807) is 12.1 Å². The van der Waals surface area contributed by atoms with Crippen molar-refractivity contribution in [1.82, 2.24) is 15.2 Å². The molecule has 5 heteroatoms. The van der Waals surface area contributed by atoms with Gasteiger partial charge < -0.3 is 20.3 Å². The van der Waals surface area contributed by atoms with E-state index < -0.39 is 0 Å². The number of nitrogens with one attached hydrogen (secondary N) is 2. The van der Waals surface area contributed by atoms with Crippen molar-refractivity contribution < 1.29 is 9.90 Å². The van der Waals surface area contributed by atoms with E-state index in [9.17, 15) is 9.90 Å². The number of piperidine rings is 1. The van der Waals surface area contributed by atoms with Crippen LogP contribution in [0.1, 0.15) is 28.8 Å². The Balaban J connectivity index is 1.26. The lowest BCUT2D eigenvalue weighted by atomic mass is 10.0. The highest BCUT2D eigenvalue weighted by atomic mass is 16.3. The molecule has 3 aromatic rings. The molecule has 140 valence electrons. The topological polar surface area (TPSA) is 68.4 Å². The SMILES string of the molecule is O=C(NC1CCN(CCc2c[nH]c3cc(O)ccc23)CC1)c1ccccc1. The van der Waals surface area contributed by atoms with Crippen molar-refractivity contribution in [1.29, 1.82) is 0 Å². The van der Waals surface area contributed by atoms with Crippen LogP contribution in [0.15, 0.2) is 54.7 Å². The van der Waals surface area contributed by atoms with E-state index in [4.69, 9.17) is 0 Å². The van der Waals surface area contributed by atoms with Crippen LogP contribution in [0.3, 0.4) is 0 Å². The second-order valence-corrected chi connectivity index (χ2v) is 7.25. The summed E-state index contributed by atoms with van der Waals surface area (Å²) >= 11 is 0. The van der Waals surface area contributed by atoms with Crippen LogP contribution in [0.4, 0.5) is 0 Å². The van der Waals surface area contributed by atoms with Crippen molar-refractivity contribution in [3.05, 3.63) is 65.9 Å². The van der Waals surface area contributed by atoms with Gasteiger partial charge in [-0.1, -0.05) is 18.2 Å². The number of aromatic hydroxyl groups is 1. The van der Waals surface area contributed by atoms with Gasteiger partial charge >= 0.3 is 0 Å². The third kappa shape index (κ3) is 4.14. The van der Waals surface area contributed by atoms with Crippen molar-refractivity contribution in [2.75, 3.05) is 19.6 Å². The summed E-state index contributed by atoms with van der Waals surface area (Å²) in [6, 6.07) is 15.1. The van der Waals surface area contributed by atoms with E-state index in [1.807, 2.05) is 42.6 Å². The Hall–Kier alpha value is -2.79. The second kappa shape index (κ2) is 7.84. The Morgan fingerprint density at radius 2 is 1.93 bits per heavy atom. The van der Waals surface area contributed by atoms with Gasteiger partial charge in [0.1, 0.15) is 5.75 Å². The Morgan fingerprint density at radius 1 is 1.15 bits per heavy atom. The van der Waals surface area contributed by atoms with E-state index in [0.29, 0.717) is 0 Å². The lowest BCUT2D eigenvalue weighted by Gasteiger charge is -2.32. The molecular weight excluding hydrogens is 338 g/mol. The maximum Gasteiger partial charge on any atom is 0.251 e. The quantitative estimate of drug-likeness (QED) is 0.651. The molecule has 1 aliphatic heterocycles. The first-order chi connectivity index (χ1) is 13.2. The molecule has 1 aliphatic rings. The highest BCUT2D eigenvalue weighted by Gasteiger charge is 2.21. The normalized spacial score (nSPS) is 15.9. The summed E-state index contributed by atoms with van der Waals surface area (Å²) < 4.78 is 0. The predicted octanol–water partition coefficient (Wildman–Crippen LogP) is 3.31. The van der Waals surface area contributed by atoms with E-state index >= 15 is 0 Å². The van der Waals surface area contributed by atoms with Gasteiger partial charge in [0.25, 0.3) is 5.91 Å². The number of aromatic amines is 1. The number of benzene rings is 2. The summed E-state index contributed by atoms with van der Waals surface area (Å²) in [7, 11) is 0.